The van der Waals surface area contributed by atoms with E-state index in [0.29, 0.717) is 37.2 Å². The molecule has 0 spiro atoms. The summed E-state index contributed by atoms with van der Waals surface area (Å²) < 4.78 is 67.7. The SMILES string of the molecule is CCN(C1CCN(Cc2ccccc2)C1)S(=O)(=O)c1ccccc1S(=O)(=O)Oc1cc(C)cc(OCCCON=C(N)N)c1. The van der Waals surface area contributed by atoms with Crippen LogP contribution in [0.2, 0.25) is 0 Å². The van der Waals surface area contributed by atoms with Gasteiger partial charge in [0.05, 0.1) is 6.61 Å². The minimum absolute atomic E-state index is 0.0105. The van der Waals surface area contributed by atoms with Crippen molar-refractivity contribution < 1.29 is 30.6 Å². The summed E-state index contributed by atoms with van der Waals surface area (Å²) in [6.45, 7) is 6.15. The molecule has 1 fully saturated rings. The first-order chi connectivity index (χ1) is 21.0. The van der Waals surface area contributed by atoms with Gasteiger partial charge < -0.3 is 25.2 Å². The molecule has 0 aromatic heterocycles. The van der Waals surface area contributed by atoms with Gasteiger partial charge in [0, 0.05) is 44.7 Å². The zero-order valence-corrected chi connectivity index (χ0v) is 26.5. The standard InChI is InChI=1S/C30H39N5O7S2/c1-3-35(25-14-15-34(22-25)21-24-10-5-4-6-11-24)43(36,37)28-12-7-8-13-29(28)44(38,39)42-27-19-23(2)18-26(20-27)40-16-9-17-41-33-30(31)32/h4-8,10-13,18-20,25H,3,9,14-17,21-22H2,1-2H3,(H4,31,32,33). The molecule has 1 aliphatic heterocycles. The zero-order chi connectivity index (χ0) is 31.7. The molecule has 1 unspecified atom stereocenters. The van der Waals surface area contributed by atoms with Crippen molar-refractivity contribution in [3.05, 3.63) is 83.9 Å². The van der Waals surface area contributed by atoms with E-state index in [0.717, 1.165) is 12.1 Å². The van der Waals surface area contributed by atoms with E-state index in [1.54, 1.807) is 19.9 Å². The molecule has 3 aromatic carbocycles. The number of benzene rings is 3. The fraction of sp³-hybridized carbons (Fsp3) is 0.367. The van der Waals surface area contributed by atoms with Crippen LogP contribution in [0, 0.1) is 6.92 Å². The lowest BCUT2D eigenvalue weighted by molar-refractivity contribution is 0.127. The van der Waals surface area contributed by atoms with Gasteiger partial charge >= 0.3 is 10.1 Å². The minimum Gasteiger partial charge on any atom is -0.493 e. The van der Waals surface area contributed by atoms with E-state index in [9.17, 15) is 16.8 Å². The Bertz CT molecular complexity index is 1650. The van der Waals surface area contributed by atoms with Gasteiger partial charge in [0.15, 0.2) is 0 Å². The summed E-state index contributed by atoms with van der Waals surface area (Å²) in [4.78, 5) is 6.37. The van der Waals surface area contributed by atoms with Gasteiger partial charge in [-0.15, -0.1) is 0 Å². The zero-order valence-electron chi connectivity index (χ0n) is 24.8. The Balaban J connectivity index is 1.49. The first-order valence-electron chi connectivity index (χ1n) is 14.3. The van der Waals surface area contributed by atoms with Gasteiger partial charge in [0.25, 0.3) is 0 Å². The number of hydrogen-bond donors (Lipinski definition) is 2. The smallest absolute Gasteiger partial charge is 0.340 e. The Labute approximate surface area is 259 Å². The summed E-state index contributed by atoms with van der Waals surface area (Å²) in [5.74, 6) is 0.174. The number of likely N-dealkylation sites (tertiary alicyclic amines) is 1. The minimum atomic E-state index is -4.55. The van der Waals surface area contributed by atoms with Gasteiger partial charge in [-0.25, -0.2) is 8.42 Å². The van der Waals surface area contributed by atoms with Gasteiger partial charge in [-0.3, -0.25) is 4.90 Å². The molecule has 1 aliphatic rings. The summed E-state index contributed by atoms with van der Waals surface area (Å²) in [6.07, 6.45) is 1.10. The van der Waals surface area contributed by atoms with Crippen molar-refractivity contribution in [2.24, 2.45) is 16.6 Å². The number of aryl methyl sites for hydroxylation is 1. The molecule has 0 amide bonds. The quantitative estimate of drug-likeness (QED) is 0.0825. The molecule has 1 atom stereocenters. The maximum atomic E-state index is 14.0. The first-order valence-corrected chi connectivity index (χ1v) is 17.1. The number of nitrogens with two attached hydrogens (primary N) is 2. The fourth-order valence-corrected chi connectivity index (χ4v) is 8.45. The van der Waals surface area contributed by atoms with Gasteiger partial charge in [-0.2, -0.15) is 12.7 Å². The predicted octanol–water partition coefficient (Wildman–Crippen LogP) is 3.02. The van der Waals surface area contributed by atoms with E-state index in [2.05, 4.69) is 10.1 Å². The van der Waals surface area contributed by atoms with Crippen molar-refractivity contribution >= 4 is 26.1 Å². The van der Waals surface area contributed by atoms with Gasteiger partial charge in [0.1, 0.15) is 27.9 Å². The summed E-state index contributed by atoms with van der Waals surface area (Å²) in [7, 11) is -8.74. The number of likely N-dealkylation sites (N-methyl/N-ethyl adjacent to an activating group) is 1. The van der Waals surface area contributed by atoms with Crippen LogP contribution in [-0.4, -0.2) is 70.9 Å². The molecular weight excluding hydrogens is 606 g/mol. The Morgan fingerprint density at radius 3 is 2.34 bits per heavy atom. The second-order valence-electron chi connectivity index (χ2n) is 10.4. The Hall–Kier alpha value is -3.85. The topological polar surface area (TPSA) is 167 Å². The van der Waals surface area contributed by atoms with Crippen molar-refractivity contribution in [1.82, 2.24) is 9.21 Å². The highest BCUT2D eigenvalue weighted by atomic mass is 32.2. The maximum Gasteiger partial charge on any atom is 0.340 e. The van der Waals surface area contributed by atoms with Crippen LogP contribution in [0.1, 0.15) is 30.9 Å². The lowest BCUT2D eigenvalue weighted by Crippen LogP contribution is -2.42. The van der Waals surface area contributed by atoms with Gasteiger partial charge in [-0.05, 0) is 53.9 Å². The lowest BCUT2D eigenvalue weighted by Gasteiger charge is -2.28. The normalized spacial score (nSPS) is 15.7. The van der Waals surface area contributed by atoms with Crippen molar-refractivity contribution in [3.8, 4) is 11.5 Å². The van der Waals surface area contributed by atoms with Gasteiger partial charge in [0.2, 0.25) is 16.0 Å². The molecule has 14 heteroatoms. The molecule has 0 saturated carbocycles. The van der Waals surface area contributed by atoms with Crippen molar-refractivity contribution in [1.29, 1.82) is 0 Å². The number of guanidine groups is 1. The molecular formula is C30H39N5O7S2. The maximum absolute atomic E-state index is 14.0. The number of oxime groups is 1. The third kappa shape index (κ3) is 8.62. The number of ether oxygens (including phenoxy) is 1. The Kier molecular flexibility index (Phi) is 11.1. The van der Waals surface area contributed by atoms with Gasteiger partial charge in [-0.1, -0.05) is 49.4 Å². The van der Waals surface area contributed by atoms with Crippen LogP contribution in [-0.2, 0) is 31.5 Å². The summed E-state index contributed by atoms with van der Waals surface area (Å²) in [5.41, 5.74) is 12.2. The monoisotopic (exact) mass is 645 g/mol. The number of nitrogens with zero attached hydrogens (tertiary/aromatic N) is 3. The third-order valence-electron chi connectivity index (χ3n) is 6.97. The molecule has 4 N–H and O–H groups in total. The molecule has 3 aromatic rings. The Morgan fingerprint density at radius 1 is 0.955 bits per heavy atom. The van der Waals surface area contributed by atoms with E-state index in [-0.39, 0.29) is 42.4 Å². The molecule has 238 valence electrons. The molecule has 0 bridgehead atoms. The first kappa shape index (κ1) is 33.1. The summed E-state index contributed by atoms with van der Waals surface area (Å²) in [5, 5.41) is 3.43. The average Bonchev–Trinajstić information content (AvgIpc) is 3.42. The van der Waals surface area contributed by atoms with E-state index < -0.39 is 25.0 Å². The van der Waals surface area contributed by atoms with Crippen LogP contribution in [0.15, 0.2) is 87.7 Å². The summed E-state index contributed by atoms with van der Waals surface area (Å²) >= 11 is 0. The van der Waals surface area contributed by atoms with E-state index >= 15 is 0 Å². The fourth-order valence-electron chi connectivity index (χ4n) is 5.10. The molecule has 0 aliphatic carbocycles. The van der Waals surface area contributed by atoms with E-state index in [1.807, 2.05) is 30.3 Å². The molecule has 0 radical (unpaired) electrons. The average molecular weight is 646 g/mol. The largest absolute Gasteiger partial charge is 0.493 e. The highest BCUT2D eigenvalue weighted by molar-refractivity contribution is 7.91. The van der Waals surface area contributed by atoms with Crippen LogP contribution in [0.3, 0.4) is 0 Å². The molecule has 1 heterocycles. The molecule has 4 rings (SSSR count). The number of hydrogen-bond acceptors (Lipinski definition) is 9. The van der Waals surface area contributed by atoms with E-state index in [4.69, 9.17) is 25.2 Å². The second kappa shape index (κ2) is 14.8. The number of rotatable bonds is 15. The molecule has 44 heavy (non-hydrogen) atoms. The van der Waals surface area contributed by atoms with Crippen LogP contribution in [0.4, 0.5) is 0 Å². The highest BCUT2D eigenvalue weighted by Crippen LogP contribution is 2.31. The van der Waals surface area contributed by atoms with Crippen LogP contribution >= 0.6 is 0 Å². The lowest BCUT2D eigenvalue weighted by atomic mass is 10.2. The molecule has 12 nitrogen and oxygen atoms in total. The van der Waals surface area contributed by atoms with Crippen LogP contribution in [0.25, 0.3) is 0 Å². The predicted molar refractivity (Wildman–Crippen MR) is 167 cm³/mol. The Morgan fingerprint density at radius 2 is 1.64 bits per heavy atom. The third-order valence-corrected chi connectivity index (χ3v) is 10.5. The van der Waals surface area contributed by atoms with Crippen LogP contribution in [0.5, 0.6) is 11.5 Å². The van der Waals surface area contributed by atoms with E-state index in [1.165, 1.54) is 40.7 Å². The number of sulfonamides is 1. The van der Waals surface area contributed by atoms with Crippen molar-refractivity contribution in [2.75, 3.05) is 32.8 Å². The second-order valence-corrected chi connectivity index (χ2v) is 13.8. The van der Waals surface area contributed by atoms with Crippen molar-refractivity contribution in [2.45, 2.75) is 49.1 Å². The summed E-state index contributed by atoms with van der Waals surface area (Å²) in [6, 6.07) is 19.9. The molecule has 1 saturated heterocycles. The van der Waals surface area contributed by atoms with Crippen molar-refractivity contribution in [3.63, 3.8) is 0 Å². The van der Waals surface area contributed by atoms with Crippen LogP contribution < -0.4 is 20.4 Å². The highest BCUT2D eigenvalue weighted by Gasteiger charge is 2.38.